The van der Waals surface area contributed by atoms with Crippen LogP contribution in [0.2, 0.25) is 0 Å². The van der Waals surface area contributed by atoms with Gasteiger partial charge in [-0.2, -0.15) is 0 Å². The highest BCUT2D eigenvalue weighted by molar-refractivity contribution is 5.86. The van der Waals surface area contributed by atoms with E-state index >= 15 is 0 Å². The van der Waals surface area contributed by atoms with Crippen LogP contribution in [0.25, 0.3) is 0 Å². The van der Waals surface area contributed by atoms with Gasteiger partial charge in [0.1, 0.15) is 11.6 Å². The van der Waals surface area contributed by atoms with Crippen LogP contribution >= 0.6 is 0 Å². The molecule has 0 bridgehead atoms. The molecule has 0 saturated carbocycles. The predicted molar refractivity (Wildman–Crippen MR) is 76.7 cm³/mol. The second-order valence-corrected chi connectivity index (χ2v) is 4.26. The number of phenolic OH excluding ortho intramolecular Hbond substituents is 1. The Morgan fingerprint density at radius 2 is 1.85 bits per heavy atom. The molecule has 1 heterocycles. The van der Waals surface area contributed by atoms with Crippen LogP contribution < -0.4 is 17.0 Å². The minimum atomic E-state index is -0.586. The van der Waals surface area contributed by atoms with Crippen LogP contribution in [0.15, 0.2) is 38.8 Å². The molecule has 0 atom stereocenters. The van der Waals surface area contributed by atoms with Crippen LogP contribution in [0.3, 0.4) is 0 Å². The number of hydrogen-bond acceptors (Lipinski definition) is 5. The fourth-order valence-electron chi connectivity index (χ4n) is 1.69. The molecule has 0 aliphatic heterocycles. The lowest BCUT2D eigenvalue weighted by atomic mass is 10.2. The Morgan fingerprint density at radius 1 is 1.20 bits per heavy atom. The molecular formula is C13H14N4O3. The highest BCUT2D eigenvalue weighted by Crippen LogP contribution is 2.17. The Balaban J connectivity index is 2.59. The summed E-state index contributed by atoms with van der Waals surface area (Å²) in [5.74, 6) is 0.0150. The molecule has 0 spiro atoms. The number of aromatic nitrogens is 2. The summed E-state index contributed by atoms with van der Waals surface area (Å²) >= 11 is 0. The third-order valence-corrected chi connectivity index (χ3v) is 2.95. The normalized spacial score (nSPS) is 11.1. The van der Waals surface area contributed by atoms with Crippen LogP contribution in [0.5, 0.6) is 5.75 Å². The minimum Gasteiger partial charge on any atom is -0.507 e. The molecule has 0 saturated heterocycles. The first-order valence-corrected chi connectivity index (χ1v) is 5.81. The van der Waals surface area contributed by atoms with Crippen molar-refractivity contribution < 1.29 is 5.11 Å². The first-order chi connectivity index (χ1) is 9.43. The van der Waals surface area contributed by atoms with E-state index in [1.807, 2.05) is 0 Å². The zero-order valence-electron chi connectivity index (χ0n) is 11.1. The molecule has 0 radical (unpaired) electrons. The molecule has 104 valence electrons. The Kier molecular flexibility index (Phi) is 3.43. The maximum absolute atomic E-state index is 12.0. The number of aromatic hydroxyl groups is 1. The fourth-order valence-corrected chi connectivity index (χ4v) is 1.69. The van der Waals surface area contributed by atoms with Gasteiger partial charge in [0.05, 0.1) is 0 Å². The first-order valence-electron chi connectivity index (χ1n) is 5.81. The third-order valence-electron chi connectivity index (χ3n) is 2.95. The third kappa shape index (κ3) is 2.20. The van der Waals surface area contributed by atoms with E-state index in [1.54, 1.807) is 18.2 Å². The second kappa shape index (κ2) is 5.04. The van der Waals surface area contributed by atoms with Crippen LogP contribution in [0.1, 0.15) is 5.56 Å². The molecule has 3 N–H and O–H groups in total. The van der Waals surface area contributed by atoms with Gasteiger partial charge in [-0.15, -0.1) is 0 Å². The fraction of sp³-hybridized carbons (Fsp3) is 0.154. The van der Waals surface area contributed by atoms with E-state index in [-0.39, 0.29) is 17.3 Å². The SMILES string of the molecule is Cn1c(N)c(N=Cc2ccccc2O)c(=O)n(C)c1=O. The van der Waals surface area contributed by atoms with Crippen molar-refractivity contribution in [3.63, 3.8) is 0 Å². The molecular weight excluding hydrogens is 260 g/mol. The zero-order valence-corrected chi connectivity index (χ0v) is 11.1. The molecule has 20 heavy (non-hydrogen) atoms. The van der Waals surface area contributed by atoms with Gasteiger partial charge < -0.3 is 10.8 Å². The average molecular weight is 274 g/mol. The standard InChI is InChI=1S/C13H14N4O3/c1-16-11(14)10(12(19)17(2)13(16)20)15-7-8-5-3-4-6-9(8)18/h3-7,18H,14H2,1-2H3. The Labute approximate surface area is 114 Å². The molecule has 0 unspecified atom stereocenters. The number of para-hydroxylation sites is 1. The summed E-state index contributed by atoms with van der Waals surface area (Å²) < 4.78 is 2.06. The number of phenols is 1. The number of rotatable bonds is 2. The van der Waals surface area contributed by atoms with E-state index in [4.69, 9.17) is 5.73 Å². The van der Waals surface area contributed by atoms with Gasteiger partial charge in [0.2, 0.25) is 0 Å². The molecule has 2 aromatic rings. The van der Waals surface area contributed by atoms with Crippen molar-refractivity contribution in [2.75, 3.05) is 5.73 Å². The topological polar surface area (TPSA) is 103 Å². The number of benzene rings is 1. The number of hydrogen-bond donors (Lipinski definition) is 2. The van der Waals surface area contributed by atoms with Crippen molar-refractivity contribution in [1.82, 2.24) is 9.13 Å². The van der Waals surface area contributed by atoms with Crippen molar-refractivity contribution in [1.29, 1.82) is 0 Å². The monoisotopic (exact) mass is 274 g/mol. The molecule has 7 heteroatoms. The average Bonchev–Trinajstić information content (AvgIpc) is 2.45. The molecule has 1 aromatic heterocycles. The van der Waals surface area contributed by atoms with Crippen LogP contribution in [0, 0.1) is 0 Å². The van der Waals surface area contributed by atoms with Gasteiger partial charge in [0.25, 0.3) is 5.56 Å². The lowest BCUT2D eigenvalue weighted by molar-refractivity contribution is 0.474. The van der Waals surface area contributed by atoms with E-state index in [0.29, 0.717) is 5.56 Å². The predicted octanol–water partition coefficient (Wildman–Crippen LogP) is 0.122. The van der Waals surface area contributed by atoms with Crippen molar-refractivity contribution in [3.05, 3.63) is 50.7 Å². The van der Waals surface area contributed by atoms with E-state index < -0.39 is 11.2 Å². The Hall–Kier alpha value is -2.83. The summed E-state index contributed by atoms with van der Waals surface area (Å²) in [6, 6.07) is 6.54. The highest BCUT2D eigenvalue weighted by atomic mass is 16.3. The number of nitrogens with two attached hydrogens (primary N) is 1. The summed E-state index contributed by atoms with van der Waals surface area (Å²) in [7, 11) is 2.80. The van der Waals surface area contributed by atoms with Gasteiger partial charge in [-0.3, -0.25) is 13.9 Å². The Morgan fingerprint density at radius 3 is 2.50 bits per heavy atom. The lowest BCUT2D eigenvalue weighted by Crippen LogP contribution is -2.37. The van der Waals surface area contributed by atoms with Gasteiger partial charge in [0, 0.05) is 25.9 Å². The lowest BCUT2D eigenvalue weighted by Gasteiger charge is -2.08. The minimum absolute atomic E-state index is 0.0234. The number of aliphatic imine (C=N–C) groups is 1. The van der Waals surface area contributed by atoms with Gasteiger partial charge in [-0.05, 0) is 12.1 Å². The van der Waals surface area contributed by atoms with Gasteiger partial charge >= 0.3 is 5.69 Å². The molecule has 0 aliphatic rings. The van der Waals surface area contributed by atoms with E-state index in [9.17, 15) is 14.7 Å². The maximum Gasteiger partial charge on any atom is 0.332 e. The Bertz CT molecular complexity index is 802. The van der Waals surface area contributed by atoms with Crippen LogP contribution in [-0.2, 0) is 14.1 Å². The maximum atomic E-state index is 12.0. The number of nitrogen functional groups attached to an aromatic ring is 1. The summed E-state index contributed by atoms with van der Waals surface area (Å²) in [6.45, 7) is 0. The summed E-state index contributed by atoms with van der Waals surface area (Å²) in [5.41, 5.74) is 5.03. The van der Waals surface area contributed by atoms with Crippen LogP contribution in [0.4, 0.5) is 11.5 Å². The number of anilines is 1. The van der Waals surface area contributed by atoms with Gasteiger partial charge in [-0.25, -0.2) is 9.79 Å². The molecule has 0 amide bonds. The summed E-state index contributed by atoms with van der Waals surface area (Å²) in [4.78, 5) is 27.6. The van der Waals surface area contributed by atoms with E-state index in [1.165, 1.54) is 26.4 Å². The summed E-state index contributed by atoms with van der Waals surface area (Å²) in [5, 5.41) is 9.62. The quantitative estimate of drug-likeness (QED) is 0.759. The van der Waals surface area contributed by atoms with Gasteiger partial charge in [-0.1, -0.05) is 12.1 Å². The molecule has 0 fully saturated rings. The molecule has 2 rings (SSSR count). The van der Waals surface area contributed by atoms with Crippen molar-refractivity contribution in [3.8, 4) is 5.75 Å². The number of nitrogens with zero attached hydrogens (tertiary/aromatic N) is 3. The summed E-state index contributed by atoms with van der Waals surface area (Å²) in [6.07, 6.45) is 1.33. The smallest absolute Gasteiger partial charge is 0.332 e. The molecule has 7 nitrogen and oxygen atoms in total. The van der Waals surface area contributed by atoms with Crippen molar-refractivity contribution >= 4 is 17.7 Å². The van der Waals surface area contributed by atoms with Crippen LogP contribution in [-0.4, -0.2) is 20.5 Å². The molecule has 0 aliphatic carbocycles. The van der Waals surface area contributed by atoms with E-state index in [0.717, 1.165) is 9.13 Å². The second-order valence-electron chi connectivity index (χ2n) is 4.26. The van der Waals surface area contributed by atoms with Crippen molar-refractivity contribution in [2.45, 2.75) is 0 Å². The zero-order chi connectivity index (χ0) is 14.9. The largest absolute Gasteiger partial charge is 0.507 e. The van der Waals surface area contributed by atoms with Crippen molar-refractivity contribution in [2.24, 2.45) is 19.1 Å². The molecule has 1 aromatic carbocycles. The first kappa shape index (κ1) is 13.6. The van der Waals surface area contributed by atoms with E-state index in [2.05, 4.69) is 4.99 Å². The van der Waals surface area contributed by atoms with Gasteiger partial charge in [0.15, 0.2) is 5.69 Å². The highest BCUT2D eigenvalue weighted by Gasteiger charge is 2.11.